The highest BCUT2D eigenvalue weighted by molar-refractivity contribution is 7.89. The van der Waals surface area contributed by atoms with Crippen molar-refractivity contribution in [2.75, 3.05) is 6.61 Å². The van der Waals surface area contributed by atoms with Gasteiger partial charge in [0.05, 0.1) is 18.0 Å². The molecular formula is C23H27NO6S. The fourth-order valence-corrected chi connectivity index (χ4v) is 4.86. The number of aryl methyl sites for hydroxylation is 1. The van der Waals surface area contributed by atoms with Crippen LogP contribution in [0.1, 0.15) is 44.9 Å². The molecule has 0 aliphatic carbocycles. The van der Waals surface area contributed by atoms with Gasteiger partial charge in [-0.1, -0.05) is 28.1 Å². The molecule has 2 heterocycles. The van der Waals surface area contributed by atoms with Crippen molar-refractivity contribution in [1.82, 2.24) is 4.31 Å². The highest BCUT2D eigenvalue weighted by atomic mass is 32.2. The largest absolute Gasteiger partial charge is 0.593 e. The zero-order chi connectivity index (χ0) is 22.3. The van der Waals surface area contributed by atoms with Crippen LogP contribution in [0.4, 0.5) is 0 Å². The molecule has 1 saturated heterocycles. The van der Waals surface area contributed by atoms with E-state index in [0.717, 1.165) is 11.1 Å². The van der Waals surface area contributed by atoms with E-state index in [1.54, 1.807) is 10.4 Å². The number of benzene rings is 2. The summed E-state index contributed by atoms with van der Waals surface area (Å²) in [5.41, 5.74) is 1.24. The molecule has 0 aromatic heterocycles. The van der Waals surface area contributed by atoms with Gasteiger partial charge in [0.1, 0.15) is 11.6 Å². The molecule has 8 heteroatoms. The third-order valence-corrected chi connectivity index (χ3v) is 6.39. The summed E-state index contributed by atoms with van der Waals surface area (Å²) in [4.78, 5) is 13.5. The molecule has 4 unspecified atom stereocenters. The number of esters is 1. The topological polar surface area (TPSA) is 80.1 Å². The van der Waals surface area contributed by atoms with Crippen molar-refractivity contribution in [1.29, 1.82) is 0 Å². The molecule has 0 amide bonds. The lowest BCUT2D eigenvalue weighted by molar-refractivity contribution is -0.173. The Kier molecular flexibility index (Phi) is 5.91. The molecule has 1 fully saturated rings. The molecule has 2 aromatic carbocycles. The SMILES string of the molecule is CCOC1Oc2ccc(C3C(C(=O)OC(C)(C)C)[N@@]3[S+]([O-])c3ccc(C)cc3)cc2O1. The quantitative estimate of drug-likeness (QED) is 0.379. The van der Waals surface area contributed by atoms with Gasteiger partial charge in [0, 0.05) is 0 Å². The van der Waals surface area contributed by atoms with Crippen LogP contribution in [0.3, 0.4) is 0 Å². The summed E-state index contributed by atoms with van der Waals surface area (Å²) in [5.74, 6) is 0.706. The van der Waals surface area contributed by atoms with Crippen LogP contribution in [0.25, 0.3) is 0 Å². The lowest BCUT2D eigenvalue weighted by Crippen LogP contribution is -2.29. The second-order valence-electron chi connectivity index (χ2n) is 8.53. The first-order chi connectivity index (χ1) is 14.7. The third-order valence-electron chi connectivity index (χ3n) is 4.88. The molecule has 166 valence electrons. The van der Waals surface area contributed by atoms with Crippen molar-refractivity contribution in [3.05, 3.63) is 53.6 Å². The van der Waals surface area contributed by atoms with Crippen molar-refractivity contribution in [3.63, 3.8) is 0 Å². The van der Waals surface area contributed by atoms with Gasteiger partial charge in [-0.25, -0.2) is 0 Å². The third kappa shape index (κ3) is 4.67. The molecule has 7 nitrogen and oxygen atoms in total. The Bertz CT molecular complexity index is 958. The number of nitrogens with zero attached hydrogens (tertiary/aromatic N) is 1. The number of hydrogen-bond donors (Lipinski definition) is 0. The Hall–Kier alpha value is -2.26. The molecule has 2 aromatic rings. The molecule has 0 bridgehead atoms. The highest BCUT2D eigenvalue weighted by Gasteiger charge is 2.63. The van der Waals surface area contributed by atoms with E-state index in [0.29, 0.717) is 23.0 Å². The van der Waals surface area contributed by atoms with Crippen LogP contribution in [-0.4, -0.2) is 39.6 Å². The summed E-state index contributed by atoms with van der Waals surface area (Å²) in [5, 5.41) is 0. The number of ether oxygens (including phenoxy) is 4. The Morgan fingerprint density at radius 1 is 1.13 bits per heavy atom. The summed E-state index contributed by atoms with van der Waals surface area (Å²) >= 11 is -1.51. The highest BCUT2D eigenvalue weighted by Crippen LogP contribution is 2.50. The van der Waals surface area contributed by atoms with Crippen LogP contribution >= 0.6 is 0 Å². The lowest BCUT2D eigenvalue weighted by atomic mass is 10.1. The molecule has 5 atom stereocenters. The maximum Gasteiger partial charge on any atom is 0.361 e. The first-order valence-electron chi connectivity index (χ1n) is 10.3. The van der Waals surface area contributed by atoms with Crippen molar-refractivity contribution in [2.45, 2.75) is 63.7 Å². The number of rotatable bonds is 6. The predicted molar refractivity (Wildman–Crippen MR) is 115 cm³/mol. The Morgan fingerprint density at radius 2 is 1.81 bits per heavy atom. The van der Waals surface area contributed by atoms with E-state index in [1.807, 2.05) is 71.0 Å². The fraction of sp³-hybridized carbons (Fsp3) is 0.435. The minimum atomic E-state index is -1.51. The number of carbonyl (C=O) groups is 1. The van der Waals surface area contributed by atoms with Gasteiger partial charge in [-0.2, -0.15) is 0 Å². The van der Waals surface area contributed by atoms with Crippen LogP contribution in [0, 0.1) is 6.92 Å². The van der Waals surface area contributed by atoms with Gasteiger partial charge < -0.3 is 23.5 Å². The van der Waals surface area contributed by atoms with Gasteiger partial charge in [0.25, 0.3) is 0 Å². The number of carbonyl (C=O) groups excluding carboxylic acids is 1. The van der Waals surface area contributed by atoms with Gasteiger partial charge in [0.2, 0.25) is 0 Å². The minimum Gasteiger partial charge on any atom is -0.593 e. The van der Waals surface area contributed by atoms with E-state index >= 15 is 0 Å². The second kappa shape index (κ2) is 8.35. The Labute approximate surface area is 185 Å². The van der Waals surface area contributed by atoms with E-state index in [9.17, 15) is 9.35 Å². The molecular weight excluding hydrogens is 418 g/mol. The summed E-state index contributed by atoms with van der Waals surface area (Å²) in [7, 11) is 0. The van der Waals surface area contributed by atoms with Crippen LogP contribution < -0.4 is 9.47 Å². The van der Waals surface area contributed by atoms with Gasteiger partial charge in [-0.05, 0) is 64.4 Å². The van der Waals surface area contributed by atoms with Crippen LogP contribution in [-0.2, 0) is 25.6 Å². The Morgan fingerprint density at radius 3 is 2.45 bits per heavy atom. The lowest BCUT2D eigenvalue weighted by Gasteiger charge is -2.19. The molecule has 0 spiro atoms. The normalized spacial score (nSPS) is 25.2. The molecule has 0 radical (unpaired) electrons. The van der Waals surface area contributed by atoms with Gasteiger partial charge in [-0.15, -0.1) is 0 Å². The van der Waals surface area contributed by atoms with E-state index in [1.165, 1.54) is 0 Å². The van der Waals surface area contributed by atoms with Gasteiger partial charge in [-0.3, -0.25) is 4.79 Å². The van der Waals surface area contributed by atoms with Crippen LogP contribution in [0.5, 0.6) is 11.5 Å². The summed E-state index contributed by atoms with van der Waals surface area (Å²) < 4.78 is 37.2. The van der Waals surface area contributed by atoms with E-state index in [4.69, 9.17) is 18.9 Å². The summed E-state index contributed by atoms with van der Waals surface area (Å²) in [6.07, 6.45) is 0. The molecule has 0 saturated carbocycles. The average Bonchev–Trinajstić information content (AvgIpc) is 3.32. The van der Waals surface area contributed by atoms with E-state index in [-0.39, 0.29) is 0 Å². The summed E-state index contributed by atoms with van der Waals surface area (Å²) in [6, 6.07) is 11.8. The van der Waals surface area contributed by atoms with Gasteiger partial charge in [0.15, 0.2) is 22.4 Å². The molecule has 2 aliphatic heterocycles. The van der Waals surface area contributed by atoms with Crippen LogP contribution in [0.15, 0.2) is 47.4 Å². The Balaban J connectivity index is 1.60. The van der Waals surface area contributed by atoms with Gasteiger partial charge >= 0.3 is 12.4 Å². The van der Waals surface area contributed by atoms with E-state index in [2.05, 4.69) is 0 Å². The minimum absolute atomic E-state index is 0.392. The smallest absolute Gasteiger partial charge is 0.361 e. The van der Waals surface area contributed by atoms with Crippen molar-refractivity contribution in [3.8, 4) is 11.5 Å². The zero-order valence-electron chi connectivity index (χ0n) is 18.3. The van der Waals surface area contributed by atoms with Crippen molar-refractivity contribution in [2.24, 2.45) is 0 Å². The fourth-order valence-electron chi connectivity index (χ4n) is 3.45. The zero-order valence-corrected chi connectivity index (χ0v) is 19.1. The van der Waals surface area contributed by atoms with Crippen molar-refractivity contribution >= 4 is 17.3 Å². The maximum atomic E-state index is 13.3. The van der Waals surface area contributed by atoms with E-state index < -0.39 is 41.5 Å². The second-order valence-corrected chi connectivity index (χ2v) is 9.92. The average molecular weight is 446 g/mol. The number of fused-ring (bicyclic) bond motifs is 1. The molecule has 2 aliphatic rings. The van der Waals surface area contributed by atoms with Crippen LogP contribution in [0.2, 0.25) is 0 Å². The number of hydrogen-bond acceptors (Lipinski definition) is 7. The molecule has 0 N–H and O–H groups in total. The maximum absolute atomic E-state index is 13.3. The standard InChI is InChI=1S/C23H27NO6S/c1-6-27-22-28-17-12-9-15(13-18(17)29-22)19-20(21(25)30-23(3,4)5)24(19)31(26)16-10-7-14(2)8-11-16/h7-13,19-20,22H,6H2,1-5H3/t19?,20?,22?,24-,31?/m0/s1. The predicted octanol–water partition coefficient (Wildman–Crippen LogP) is 3.88. The first kappa shape index (κ1) is 22.0. The summed E-state index contributed by atoms with van der Waals surface area (Å²) in [6.45, 7) is 8.95. The van der Waals surface area contributed by atoms with Crippen molar-refractivity contribution < 1.29 is 28.3 Å². The molecule has 31 heavy (non-hydrogen) atoms. The first-order valence-corrected chi connectivity index (χ1v) is 11.4. The molecule has 4 rings (SSSR count). The monoisotopic (exact) mass is 445 g/mol.